The highest BCUT2D eigenvalue weighted by atomic mass is 16.5. The molecule has 6 heteroatoms. The average Bonchev–Trinajstić information content (AvgIpc) is 2.83. The van der Waals surface area contributed by atoms with Gasteiger partial charge in [-0.15, -0.1) is 0 Å². The number of furan rings is 1. The molecule has 0 fully saturated rings. The molecule has 2 rings (SSSR count). The summed E-state index contributed by atoms with van der Waals surface area (Å²) in [6.45, 7) is 0.00394. The Labute approximate surface area is 97.3 Å². The van der Waals surface area contributed by atoms with Gasteiger partial charge in [-0.25, -0.2) is 4.98 Å². The number of nitrogens with zero attached hydrogens (tertiary/aromatic N) is 1. The summed E-state index contributed by atoms with van der Waals surface area (Å²) in [6, 6.07) is 2.63. The number of carbonyl (C=O) groups is 1. The molecular formula is C11H12N2O4. The zero-order valence-corrected chi connectivity index (χ0v) is 9.25. The van der Waals surface area contributed by atoms with Crippen molar-refractivity contribution in [2.45, 2.75) is 6.04 Å². The van der Waals surface area contributed by atoms with Crippen LogP contribution in [0.15, 0.2) is 29.0 Å². The fourth-order valence-corrected chi connectivity index (χ4v) is 1.37. The molecule has 2 N–H and O–H groups in total. The Bertz CT molecular complexity index is 523. The van der Waals surface area contributed by atoms with Crippen molar-refractivity contribution in [3.63, 3.8) is 0 Å². The van der Waals surface area contributed by atoms with Crippen molar-refractivity contribution in [2.75, 3.05) is 13.7 Å². The van der Waals surface area contributed by atoms with Crippen LogP contribution in [0, 0.1) is 0 Å². The summed E-state index contributed by atoms with van der Waals surface area (Å²) in [6.07, 6.45) is 3.10. The maximum Gasteiger partial charge on any atom is 0.326 e. The van der Waals surface area contributed by atoms with Crippen LogP contribution in [0.5, 0.6) is 5.88 Å². The smallest absolute Gasteiger partial charge is 0.326 e. The van der Waals surface area contributed by atoms with Gasteiger partial charge in [0, 0.05) is 6.20 Å². The van der Waals surface area contributed by atoms with Gasteiger partial charge in [-0.05, 0) is 12.1 Å². The number of methoxy groups -OCH3 is 1. The molecule has 0 aromatic carbocycles. The molecule has 17 heavy (non-hydrogen) atoms. The normalized spacial score (nSPS) is 12.4. The second-order valence-electron chi connectivity index (χ2n) is 3.39. The van der Waals surface area contributed by atoms with Gasteiger partial charge >= 0.3 is 5.97 Å². The molecule has 0 aliphatic carbocycles. The van der Waals surface area contributed by atoms with Crippen LogP contribution in [0.1, 0.15) is 0 Å². The standard InChI is InChI=1S/C11H12N2O4/c1-15-11(14)8(12)6-17-10-7-3-5-16-9(7)2-4-13-10/h2-5,8H,6,12H2,1H3. The van der Waals surface area contributed by atoms with Crippen LogP contribution in [0.25, 0.3) is 11.0 Å². The highest BCUT2D eigenvalue weighted by Gasteiger charge is 2.15. The first-order valence-corrected chi connectivity index (χ1v) is 5.01. The molecule has 0 amide bonds. The number of pyridine rings is 1. The lowest BCUT2D eigenvalue weighted by atomic mass is 10.3. The minimum absolute atomic E-state index is 0.00394. The molecule has 2 aromatic rings. The van der Waals surface area contributed by atoms with Crippen molar-refractivity contribution in [2.24, 2.45) is 5.73 Å². The number of fused-ring (bicyclic) bond motifs is 1. The predicted molar refractivity (Wildman–Crippen MR) is 59.5 cm³/mol. The van der Waals surface area contributed by atoms with Crippen molar-refractivity contribution in [1.29, 1.82) is 0 Å². The van der Waals surface area contributed by atoms with Gasteiger partial charge in [0.1, 0.15) is 18.2 Å². The van der Waals surface area contributed by atoms with Crippen LogP contribution in [0.2, 0.25) is 0 Å². The van der Waals surface area contributed by atoms with Crippen LogP contribution in [-0.4, -0.2) is 30.7 Å². The number of hydrogen-bond acceptors (Lipinski definition) is 6. The van der Waals surface area contributed by atoms with E-state index < -0.39 is 12.0 Å². The lowest BCUT2D eigenvalue weighted by Gasteiger charge is -2.10. The van der Waals surface area contributed by atoms with E-state index in [9.17, 15) is 4.79 Å². The minimum Gasteiger partial charge on any atom is -0.475 e. The lowest BCUT2D eigenvalue weighted by molar-refractivity contribution is -0.142. The largest absolute Gasteiger partial charge is 0.475 e. The third kappa shape index (κ3) is 2.36. The maximum absolute atomic E-state index is 11.1. The van der Waals surface area contributed by atoms with E-state index in [1.165, 1.54) is 7.11 Å². The molecule has 0 spiro atoms. The van der Waals surface area contributed by atoms with Gasteiger partial charge in [0.05, 0.1) is 18.8 Å². The number of hydrogen-bond donors (Lipinski definition) is 1. The molecule has 0 bridgehead atoms. The maximum atomic E-state index is 11.1. The SMILES string of the molecule is COC(=O)C(N)COc1nccc2occc12. The molecular weight excluding hydrogens is 224 g/mol. The molecule has 0 aliphatic heterocycles. The van der Waals surface area contributed by atoms with Crippen LogP contribution in [0.3, 0.4) is 0 Å². The van der Waals surface area contributed by atoms with E-state index in [2.05, 4.69) is 9.72 Å². The highest BCUT2D eigenvalue weighted by molar-refractivity contribution is 5.82. The van der Waals surface area contributed by atoms with Gasteiger partial charge in [-0.3, -0.25) is 4.79 Å². The van der Waals surface area contributed by atoms with E-state index in [-0.39, 0.29) is 6.61 Å². The minimum atomic E-state index is -0.830. The Morgan fingerprint density at radius 2 is 2.41 bits per heavy atom. The predicted octanol–water partition coefficient (Wildman–Crippen LogP) is 0.707. The van der Waals surface area contributed by atoms with Gasteiger partial charge in [0.2, 0.25) is 5.88 Å². The molecule has 1 unspecified atom stereocenters. The first-order valence-electron chi connectivity index (χ1n) is 5.01. The Kier molecular flexibility index (Phi) is 3.24. The second-order valence-corrected chi connectivity index (χ2v) is 3.39. The van der Waals surface area contributed by atoms with Crippen LogP contribution >= 0.6 is 0 Å². The molecule has 6 nitrogen and oxygen atoms in total. The first kappa shape index (κ1) is 11.4. The van der Waals surface area contributed by atoms with Gasteiger partial charge in [-0.2, -0.15) is 0 Å². The van der Waals surface area contributed by atoms with Crippen molar-refractivity contribution in [1.82, 2.24) is 4.98 Å². The van der Waals surface area contributed by atoms with E-state index in [4.69, 9.17) is 14.9 Å². The van der Waals surface area contributed by atoms with E-state index in [1.54, 1.807) is 24.6 Å². The van der Waals surface area contributed by atoms with Crippen molar-refractivity contribution >= 4 is 16.9 Å². The Morgan fingerprint density at radius 3 is 3.18 bits per heavy atom. The Balaban J connectivity index is 2.09. The third-order valence-electron chi connectivity index (χ3n) is 2.25. The fraction of sp³-hybridized carbons (Fsp3) is 0.273. The van der Waals surface area contributed by atoms with E-state index in [0.717, 1.165) is 5.39 Å². The summed E-state index contributed by atoms with van der Waals surface area (Å²) in [5.41, 5.74) is 6.21. The van der Waals surface area contributed by atoms with Gasteiger partial charge in [-0.1, -0.05) is 0 Å². The number of rotatable bonds is 4. The number of nitrogens with two attached hydrogens (primary N) is 1. The van der Waals surface area contributed by atoms with Crippen LogP contribution in [-0.2, 0) is 9.53 Å². The molecule has 0 saturated carbocycles. The summed E-state index contributed by atoms with van der Waals surface area (Å²) in [5.74, 6) is -0.139. The Hall–Kier alpha value is -2.08. The number of aromatic nitrogens is 1. The number of esters is 1. The van der Waals surface area contributed by atoms with Crippen molar-refractivity contribution < 1.29 is 18.7 Å². The summed E-state index contributed by atoms with van der Waals surface area (Å²) >= 11 is 0. The molecule has 1 atom stereocenters. The van der Waals surface area contributed by atoms with Gasteiger partial charge in [0.25, 0.3) is 0 Å². The van der Waals surface area contributed by atoms with Crippen LogP contribution in [0.4, 0.5) is 0 Å². The molecule has 0 aliphatic rings. The van der Waals surface area contributed by atoms with Crippen molar-refractivity contribution in [3.8, 4) is 5.88 Å². The fourth-order valence-electron chi connectivity index (χ4n) is 1.37. The third-order valence-corrected chi connectivity index (χ3v) is 2.25. The quantitative estimate of drug-likeness (QED) is 0.786. The zero-order valence-electron chi connectivity index (χ0n) is 9.25. The first-order chi connectivity index (χ1) is 8.22. The second kappa shape index (κ2) is 4.84. The summed E-state index contributed by atoms with van der Waals surface area (Å²) < 4.78 is 15.0. The van der Waals surface area contributed by atoms with E-state index >= 15 is 0 Å². The molecule has 2 aromatic heterocycles. The number of carbonyl (C=O) groups excluding carboxylic acids is 1. The van der Waals surface area contributed by atoms with Gasteiger partial charge < -0.3 is 19.6 Å². The van der Waals surface area contributed by atoms with E-state index in [0.29, 0.717) is 11.5 Å². The summed E-state index contributed by atoms with van der Waals surface area (Å²) in [4.78, 5) is 15.1. The summed E-state index contributed by atoms with van der Waals surface area (Å²) in [5, 5.41) is 0.740. The molecule has 90 valence electrons. The topological polar surface area (TPSA) is 87.6 Å². The zero-order chi connectivity index (χ0) is 12.3. The van der Waals surface area contributed by atoms with Gasteiger partial charge in [0.15, 0.2) is 0 Å². The lowest BCUT2D eigenvalue weighted by Crippen LogP contribution is -2.37. The molecule has 2 heterocycles. The molecule has 0 saturated heterocycles. The summed E-state index contributed by atoms with van der Waals surface area (Å²) in [7, 11) is 1.28. The number of ether oxygens (including phenoxy) is 2. The highest BCUT2D eigenvalue weighted by Crippen LogP contribution is 2.23. The monoisotopic (exact) mass is 236 g/mol. The van der Waals surface area contributed by atoms with Crippen molar-refractivity contribution in [3.05, 3.63) is 24.6 Å². The van der Waals surface area contributed by atoms with E-state index in [1.807, 2.05) is 0 Å². The average molecular weight is 236 g/mol. The molecule has 0 radical (unpaired) electrons. The Morgan fingerprint density at radius 1 is 1.59 bits per heavy atom. The van der Waals surface area contributed by atoms with Crippen LogP contribution < -0.4 is 10.5 Å².